The standard InChI is InChI=1S/C18H17FN4O4/c1-11-15(9-20-26-11)17(24)23-7-3-4-12(10-23)16-21-18(22-27-16)25-14-6-2-5-13(19)8-14/h2,5-6,8-9,12H,3-4,7,10H2,1H3/t12-/m0/s1. The number of benzene rings is 1. The van der Waals surface area contributed by atoms with Gasteiger partial charge in [-0.15, -0.1) is 0 Å². The van der Waals surface area contributed by atoms with E-state index in [9.17, 15) is 9.18 Å². The number of carbonyl (C=O) groups is 1. The molecule has 1 fully saturated rings. The third-order valence-electron chi connectivity index (χ3n) is 4.47. The van der Waals surface area contributed by atoms with E-state index in [4.69, 9.17) is 13.8 Å². The molecule has 27 heavy (non-hydrogen) atoms. The van der Waals surface area contributed by atoms with Gasteiger partial charge in [-0.05, 0) is 37.1 Å². The van der Waals surface area contributed by atoms with Crippen LogP contribution in [0.3, 0.4) is 0 Å². The molecule has 1 aliphatic rings. The second-order valence-corrected chi connectivity index (χ2v) is 6.36. The van der Waals surface area contributed by atoms with Crippen molar-refractivity contribution in [3.05, 3.63) is 53.5 Å². The lowest BCUT2D eigenvalue weighted by Gasteiger charge is -2.30. The SMILES string of the molecule is Cc1oncc1C(=O)N1CCC[C@H](c2nc(Oc3cccc(F)c3)no2)C1. The molecule has 4 rings (SSSR count). The summed E-state index contributed by atoms with van der Waals surface area (Å²) in [7, 11) is 0. The highest BCUT2D eigenvalue weighted by Gasteiger charge is 2.30. The average Bonchev–Trinajstić information content (AvgIpc) is 3.30. The van der Waals surface area contributed by atoms with E-state index in [-0.39, 0.29) is 23.6 Å². The molecule has 2 aromatic heterocycles. The van der Waals surface area contributed by atoms with Gasteiger partial charge in [0.15, 0.2) is 0 Å². The fourth-order valence-corrected chi connectivity index (χ4v) is 3.10. The first kappa shape index (κ1) is 17.2. The van der Waals surface area contributed by atoms with Gasteiger partial charge in [0.1, 0.15) is 22.9 Å². The number of carbonyl (C=O) groups excluding carboxylic acids is 1. The molecule has 0 unspecified atom stereocenters. The molecule has 8 nitrogen and oxygen atoms in total. The Labute approximate surface area is 153 Å². The first-order chi connectivity index (χ1) is 13.1. The zero-order valence-electron chi connectivity index (χ0n) is 14.6. The number of amides is 1. The van der Waals surface area contributed by atoms with Gasteiger partial charge in [0.25, 0.3) is 5.91 Å². The average molecular weight is 372 g/mol. The Balaban J connectivity index is 1.45. The quantitative estimate of drug-likeness (QED) is 0.693. The molecule has 0 aliphatic carbocycles. The molecule has 0 bridgehead atoms. The Morgan fingerprint density at radius 1 is 1.37 bits per heavy atom. The summed E-state index contributed by atoms with van der Waals surface area (Å²) in [5.74, 6) is 0.522. The first-order valence-corrected chi connectivity index (χ1v) is 8.58. The van der Waals surface area contributed by atoms with Gasteiger partial charge >= 0.3 is 6.01 Å². The molecule has 9 heteroatoms. The van der Waals surface area contributed by atoms with Gasteiger partial charge in [0.2, 0.25) is 5.89 Å². The van der Waals surface area contributed by atoms with Gasteiger partial charge in [-0.2, -0.15) is 4.98 Å². The molecule has 1 amide bonds. The Hall–Kier alpha value is -3.23. The predicted molar refractivity (Wildman–Crippen MR) is 89.9 cm³/mol. The Kier molecular flexibility index (Phi) is 4.57. The second-order valence-electron chi connectivity index (χ2n) is 6.36. The monoisotopic (exact) mass is 372 g/mol. The van der Waals surface area contributed by atoms with E-state index < -0.39 is 5.82 Å². The number of piperidine rings is 1. The van der Waals surface area contributed by atoms with E-state index in [1.54, 1.807) is 17.9 Å². The molecule has 1 aliphatic heterocycles. The Morgan fingerprint density at radius 3 is 3.04 bits per heavy atom. The minimum atomic E-state index is -0.415. The van der Waals surface area contributed by atoms with E-state index in [1.165, 1.54) is 24.4 Å². The molecule has 1 aromatic carbocycles. The molecule has 1 saturated heterocycles. The van der Waals surface area contributed by atoms with Crippen LogP contribution in [0.4, 0.5) is 4.39 Å². The minimum absolute atomic E-state index is 0.00827. The van der Waals surface area contributed by atoms with E-state index >= 15 is 0 Å². The van der Waals surface area contributed by atoms with Crippen molar-refractivity contribution >= 4 is 5.91 Å². The third kappa shape index (κ3) is 3.67. The maximum atomic E-state index is 13.2. The minimum Gasteiger partial charge on any atom is -0.422 e. The van der Waals surface area contributed by atoms with Gasteiger partial charge in [-0.25, -0.2) is 4.39 Å². The molecule has 0 N–H and O–H groups in total. The van der Waals surface area contributed by atoms with Gasteiger partial charge in [0.05, 0.1) is 12.1 Å². The van der Waals surface area contributed by atoms with Crippen molar-refractivity contribution in [2.45, 2.75) is 25.7 Å². The van der Waals surface area contributed by atoms with Crippen LogP contribution in [-0.4, -0.2) is 39.2 Å². The van der Waals surface area contributed by atoms with E-state index in [2.05, 4.69) is 15.3 Å². The van der Waals surface area contributed by atoms with Crippen LogP contribution >= 0.6 is 0 Å². The van der Waals surface area contributed by atoms with E-state index in [1.807, 2.05) is 0 Å². The van der Waals surface area contributed by atoms with Crippen LogP contribution in [0.25, 0.3) is 0 Å². The van der Waals surface area contributed by atoms with E-state index in [0.29, 0.717) is 30.3 Å². The molecule has 0 radical (unpaired) electrons. The smallest absolute Gasteiger partial charge is 0.359 e. The number of hydrogen-bond donors (Lipinski definition) is 0. The zero-order valence-corrected chi connectivity index (χ0v) is 14.6. The summed E-state index contributed by atoms with van der Waals surface area (Å²) in [4.78, 5) is 18.6. The molecule has 1 atom stereocenters. The summed E-state index contributed by atoms with van der Waals surface area (Å²) in [6, 6.07) is 5.69. The van der Waals surface area contributed by atoms with Crippen molar-refractivity contribution in [3.63, 3.8) is 0 Å². The second kappa shape index (κ2) is 7.18. The Morgan fingerprint density at radius 2 is 2.26 bits per heavy atom. The van der Waals surface area contributed by atoms with Crippen molar-refractivity contribution in [2.75, 3.05) is 13.1 Å². The molecule has 0 spiro atoms. The van der Waals surface area contributed by atoms with Crippen molar-refractivity contribution in [1.82, 2.24) is 20.2 Å². The molecule has 140 valence electrons. The lowest BCUT2D eigenvalue weighted by atomic mass is 9.97. The zero-order chi connectivity index (χ0) is 18.8. The number of aryl methyl sites for hydroxylation is 1. The maximum Gasteiger partial charge on any atom is 0.359 e. The number of likely N-dealkylation sites (tertiary alicyclic amines) is 1. The number of aromatic nitrogens is 3. The molecule has 0 saturated carbocycles. The highest BCUT2D eigenvalue weighted by atomic mass is 19.1. The summed E-state index contributed by atoms with van der Waals surface area (Å²) in [5.41, 5.74) is 0.455. The summed E-state index contributed by atoms with van der Waals surface area (Å²) < 4.78 is 28.9. The summed E-state index contributed by atoms with van der Waals surface area (Å²) in [5, 5.41) is 7.45. The fraction of sp³-hybridized carbons (Fsp3) is 0.333. The van der Waals surface area contributed by atoms with Gasteiger partial charge in [-0.3, -0.25) is 4.79 Å². The number of hydrogen-bond acceptors (Lipinski definition) is 7. The van der Waals surface area contributed by atoms with E-state index in [0.717, 1.165) is 12.8 Å². The first-order valence-electron chi connectivity index (χ1n) is 8.58. The number of halogens is 1. The highest BCUT2D eigenvalue weighted by molar-refractivity contribution is 5.94. The van der Waals surface area contributed by atoms with Crippen molar-refractivity contribution in [2.24, 2.45) is 0 Å². The maximum absolute atomic E-state index is 13.2. The number of nitrogens with zero attached hydrogens (tertiary/aromatic N) is 4. The largest absolute Gasteiger partial charge is 0.422 e. The van der Waals surface area contributed by atoms with Crippen molar-refractivity contribution in [1.29, 1.82) is 0 Å². The van der Waals surface area contributed by atoms with Gasteiger partial charge in [-0.1, -0.05) is 11.2 Å². The van der Waals surface area contributed by atoms with Crippen LogP contribution in [-0.2, 0) is 0 Å². The van der Waals surface area contributed by atoms with Crippen LogP contribution < -0.4 is 4.74 Å². The lowest BCUT2D eigenvalue weighted by Crippen LogP contribution is -2.39. The normalized spacial score (nSPS) is 17.1. The highest BCUT2D eigenvalue weighted by Crippen LogP contribution is 2.29. The van der Waals surface area contributed by atoms with Gasteiger partial charge < -0.3 is 18.7 Å². The van der Waals surface area contributed by atoms with Crippen LogP contribution in [0.2, 0.25) is 0 Å². The summed E-state index contributed by atoms with van der Waals surface area (Å²) >= 11 is 0. The molecule has 3 aromatic rings. The van der Waals surface area contributed by atoms with Crippen molar-refractivity contribution < 1.29 is 23.0 Å². The lowest BCUT2D eigenvalue weighted by molar-refractivity contribution is 0.0694. The molecule has 3 heterocycles. The fourth-order valence-electron chi connectivity index (χ4n) is 3.10. The molecular weight excluding hydrogens is 355 g/mol. The predicted octanol–water partition coefficient (Wildman–Crippen LogP) is 3.32. The summed E-state index contributed by atoms with van der Waals surface area (Å²) in [6.45, 7) is 2.79. The topological polar surface area (TPSA) is 94.5 Å². The van der Waals surface area contributed by atoms with Crippen LogP contribution in [0.1, 0.15) is 40.8 Å². The number of rotatable bonds is 4. The summed E-state index contributed by atoms with van der Waals surface area (Å²) in [6.07, 6.45) is 3.05. The van der Waals surface area contributed by atoms with Crippen LogP contribution in [0.5, 0.6) is 11.8 Å². The van der Waals surface area contributed by atoms with Crippen molar-refractivity contribution in [3.8, 4) is 11.8 Å². The van der Waals surface area contributed by atoms with Crippen LogP contribution in [0, 0.1) is 12.7 Å². The molecular formula is C18H17FN4O4. The van der Waals surface area contributed by atoms with Crippen LogP contribution in [0.15, 0.2) is 39.5 Å². The van der Waals surface area contributed by atoms with Gasteiger partial charge in [0, 0.05) is 19.2 Å². The Bertz CT molecular complexity index is 954. The third-order valence-corrected chi connectivity index (χ3v) is 4.47. The number of ether oxygens (including phenoxy) is 1.